The molecule has 1 aromatic rings. The maximum absolute atomic E-state index is 8.77. The van der Waals surface area contributed by atoms with E-state index in [4.69, 9.17) is 10.9 Å². The topological polar surface area (TPSA) is 61.8 Å². The molecule has 3 unspecified atom stereocenters. The van der Waals surface area contributed by atoms with E-state index in [1.165, 1.54) is 31.4 Å². The Hall–Kier alpha value is -1.23. The van der Waals surface area contributed by atoms with Gasteiger partial charge in [0.05, 0.1) is 0 Å². The number of oxime groups is 1. The van der Waals surface area contributed by atoms with Crippen LogP contribution < -0.4 is 10.6 Å². The van der Waals surface area contributed by atoms with Gasteiger partial charge in [-0.3, -0.25) is 0 Å². The fraction of sp³-hybridized carbons (Fsp3) is 0.562. The summed E-state index contributed by atoms with van der Waals surface area (Å²) in [5.41, 5.74) is 7.53. The van der Waals surface area contributed by atoms with Gasteiger partial charge in [0.1, 0.15) is 0 Å². The molecule has 0 aliphatic heterocycles. The fourth-order valence-corrected chi connectivity index (χ4v) is 4.63. The number of nitrogens with two attached hydrogens (primary N) is 1. The summed E-state index contributed by atoms with van der Waals surface area (Å²) in [6, 6.07) is 5.97. The molecule has 3 rings (SSSR count). The predicted octanol–water partition coefficient (Wildman–Crippen LogP) is 3.42. The van der Waals surface area contributed by atoms with Crippen LogP contribution in [0, 0.1) is 17.8 Å². The first-order valence-electron chi connectivity index (χ1n) is 7.57. The molecule has 0 heterocycles. The Bertz CT molecular complexity index is 560. The summed E-state index contributed by atoms with van der Waals surface area (Å²) in [6.45, 7) is 1.12. The van der Waals surface area contributed by atoms with Gasteiger partial charge in [-0.15, -0.1) is 0 Å². The number of benzene rings is 1. The molecule has 4 nitrogen and oxygen atoms in total. The van der Waals surface area contributed by atoms with Crippen molar-refractivity contribution in [2.45, 2.75) is 25.7 Å². The van der Waals surface area contributed by atoms with E-state index < -0.39 is 0 Å². The largest absolute Gasteiger partial charge is 0.409 e. The Morgan fingerprint density at radius 2 is 2.24 bits per heavy atom. The lowest BCUT2D eigenvalue weighted by molar-refractivity contribution is 0.318. The van der Waals surface area contributed by atoms with Crippen molar-refractivity contribution >= 4 is 27.5 Å². The van der Waals surface area contributed by atoms with Gasteiger partial charge in [-0.1, -0.05) is 11.6 Å². The van der Waals surface area contributed by atoms with Gasteiger partial charge in [-0.25, -0.2) is 0 Å². The van der Waals surface area contributed by atoms with Crippen molar-refractivity contribution in [3.8, 4) is 0 Å². The second-order valence-electron chi connectivity index (χ2n) is 6.46. The quantitative estimate of drug-likeness (QED) is 0.378. The number of nitrogens with zero attached hydrogens (tertiary/aromatic N) is 2. The first-order valence-corrected chi connectivity index (χ1v) is 8.36. The van der Waals surface area contributed by atoms with Gasteiger partial charge in [0.2, 0.25) is 0 Å². The number of hydrogen-bond donors (Lipinski definition) is 2. The van der Waals surface area contributed by atoms with Crippen LogP contribution in [0.3, 0.4) is 0 Å². The molecule has 3 atom stereocenters. The van der Waals surface area contributed by atoms with Gasteiger partial charge in [0.25, 0.3) is 0 Å². The minimum atomic E-state index is 0.129. The lowest BCUT2D eigenvalue weighted by atomic mass is 9.88. The molecule has 1 aromatic carbocycles. The van der Waals surface area contributed by atoms with Crippen molar-refractivity contribution in [2.75, 3.05) is 18.5 Å². The third-order valence-corrected chi connectivity index (χ3v) is 5.83. The minimum Gasteiger partial charge on any atom is -0.409 e. The third kappa shape index (κ3) is 2.89. The molecular formula is C16H22BrN3O. The van der Waals surface area contributed by atoms with Crippen LogP contribution in [0.15, 0.2) is 27.8 Å². The maximum Gasteiger partial charge on any atom is 0.171 e. The van der Waals surface area contributed by atoms with Crippen molar-refractivity contribution in [3.63, 3.8) is 0 Å². The molecule has 0 spiro atoms. The molecule has 5 heteroatoms. The summed E-state index contributed by atoms with van der Waals surface area (Å²) in [4.78, 5) is 2.33. The van der Waals surface area contributed by atoms with E-state index in [2.05, 4.69) is 33.0 Å². The van der Waals surface area contributed by atoms with Gasteiger partial charge in [0.15, 0.2) is 5.84 Å². The Morgan fingerprint density at radius 1 is 1.43 bits per heavy atom. The molecule has 0 saturated heterocycles. The molecule has 2 fully saturated rings. The Morgan fingerprint density at radius 3 is 2.81 bits per heavy atom. The van der Waals surface area contributed by atoms with Crippen molar-refractivity contribution < 1.29 is 5.21 Å². The van der Waals surface area contributed by atoms with E-state index in [1.807, 2.05) is 18.2 Å². The summed E-state index contributed by atoms with van der Waals surface area (Å²) in [6.07, 6.45) is 5.73. The average Bonchev–Trinajstić information content (AvgIpc) is 3.08. The molecule has 2 bridgehead atoms. The van der Waals surface area contributed by atoms with Crippen LogP contribution in [-0.2, 0) is 0 Å². The second kappa shape index (κ2) is 5.87. The number of halogens is 1. The standard InChI is InChI=1S/C16H22BrN3O/c1-20(9-12-7-10-2-3-11(12)6-10)13-4-5-14(15(17)8-13)16(18)19-21/h4-5,8,10-12,21H,2-3,6-7,9H2,1H3,(H2,18,19). The van der Waals surface area contributed by atoms with E-state index in [9.17, 15) is 0 Å². The molecule has 2 saturated carbocycles. The highest BCUT2D eigenvalue weighted by atomic mass is 79.9. The molecule has 0 radical (unpaired) electrons. The predicted molar refractivity (Wildman–Crippen MR) is 88.9 cm³/mol. The highest BCUT2D eigenvalue weighted by molar-refractivity contribution is 9.10. The third-order valence-electron chi connectivity index (χ3n) is 5.17. The van der Waals surface area contributed by atoms with Crippen LogP contribution in [0.2, 0.25) is 0 Å². The summed E-state index contributed by atoms with van der Waals surface area (Å²) >= 11 is 3.50. The van der Waals surface area contributed by atoms with Crippen molar-refractivity contribution in [1.82, 2.24) is 0 Å². The van der Waals surface area contributed by atoms with E-state index in [-0.39, 0.29) is 5.84 Å². The Labute approximate surface area is 134 Å². The highest BCUT2D eigenvalue weighted by Crippen LogP contribution is 2.48. The van der Waals surface area contributed by atoms with Crippen LogP contribution in [0.4, 0.5) is 5.69 Å². The molecule has 2 aliphatic rings. The molecule has 3 N–H and O–H groups in total. The number of hydrogen-bond acceptors (Lipinski definition) is 3. The van der Waals surface area contributed by atoms with Crippen molar-refractivity contribution in [1.29, 1.82) is 0 Å². The van der Waals surface area contributed by atoms with E-state index in [0.29, 0.717) is 0 Å². The van der Waals surface area contributed by atoms with Gasteiger partial charge in [0, 0.05) is 29.3 Å². The summed E-state index contributed by atoms with van der Waals surface area (Å²) < 4.78 is 0.857. The average molecular weight is 352 g/mol. The first kappa shape index (κ1) is 14.7. The SMILES string of the molecule is CN(CC1CC2CCC1C2)c1ccc(/C(N)=N/O)c(Br)c1. The van der Waals surface area contributed by atoms with Crippen LogP contribution in [0.25, 0.3) is 0 Å². The molecular weight excluding hydrogens is 330 g/mol. The van der Waals surface area contributed by atoms with Crippen molar-refractivity contribution in [3.05, 3.63) is 28.2 Å². The smallest absolute Gasteiger partial charge is 0.171 e. The van der Waals surface area contributed by atoms with Gasteiger partial charge < -0.3 is 15.8 Å². The van der Waals surface area contributed by atoms with E-state index in [1.54, 1.807) is 0 Å². The van der Waals surface area contributed by atoms with Crippen molar-refractivity contribution in [2.24, 2.45) is 28.6 Å². The first-order chi connectivity index (χ1) is 10.1. The zero-order chi connectivity index (χ0) is 15.0. The molecule has 2 aliphatic carbocycles. The number of amidine groups is 1. The maximum atomic E-state index is 8.77. The number of anilines is 1. The van der Waals surface area contributed by atoms with Crippen LogP contribution in [0.5, 0.6) is 0 Å². The van der Waals surface area contributed by atoms with E-state index >= 15 is 0 Å². The molecule has 114 valence electrons. The Balaban J connectivity index is 1.70. The summed E-state index contributed by atoms with van der Waals surface area (Å²) in [7, 11) is 2.15. The highest BCUT2D eigenvalue weighted by Gasteiger charge is 2.39. The molecule has 0 amide bonds. The monoisotopic (exact) mass is 351 g/mol. The van der Waals surface area contributed by atoms with Gasteiger partial charge in [-0.2, -0.15) is 0 Å². The second-order valence-corrected chi connectivity index (χ2v) is 7.32. The summed E-state index contributed by atoms with van der Waals surface area (Å²) in [5.74, 6) is 2.90. The van der Waals surface area contributed by atoms with E-state index in [0.717, 1.165) is 34.3 Å². The lowest BCUT2D eigenvalue weighted by Crippen LogP contribution is -2.28. The number of rotatable bonds is 4. The summed E-state index contributed by atoms with van der Waals surface area (Å²) in [5, 5.41) is 11.8. The fourth-order valence-electron chi connectivity index (χ4n) is 4.06. The minimum absolute atomic E-state index is 0.129. The normalized spacial score (nSPS) is 28.1. The number of fused-ring (bicyclic) bond motifs is 2. The lowest BCUT2D eigenvalue weighted by Gasteiger charge is -2.28. The molecule has 21 heavy (non-hydrogen) atoms. The van der Waals surface area contributed by atoms with Crippen LogP contribution in [-0.4, -0.2) is 24.6 Å². The van der Waals surface area contributed by atoms with Crippen LogP contribution >= 0.6 is 15.9 Å². The zero-order valence-electron chi connectivity index (χ0n) is 12.3. The van der Waals surface area contributed by atoms with Crippen LogP contribution in [0.1, 0.15) is 31.2 Å². The molecule has 0 aromatic heterocycles. The Kier molecular flexibility index (Phi) is 4.11. The zero-order valence-corrected chi connectivity index (χ0v) is 13.9. The van der Waals surface area contributed by atoms with Gasteiger partial charge >= 0.3 is 0 Å². The van der Waals surface area contributed by atoms with Gasteiger partial charge in [-0.05, 0) is 71.1 Å².